The number of pyridine rings is 1. The molecule has 5 rings (SSSR count). The molecule has 1 fully saturated rings. The number of carbonyl (C=O) groups is 2. The number of aromatic nitrogens is 2. The number of piperidine rings is 1. The monoisotopic (exact) mass is 469 g/mol. The van der Waals surface area contributed by atoms with Gasteiger partial charge in [-0.05, 0) is 55.8 Å². The van der Waals surface area contributed by atoms with Gasteiger partial charge in [-0.1, -0.05) is 6.07 Å². The van der Waals surface area contributed by atoms with Gasteiger partial charge in [0.05, 0.1) is 11.1 Å². The number of nitrogens with zero attached hydrogens (tertiary/aromatic N) is 1. The number of H-pyrrole nitrogens is 1. The van der Waals surface area contributed by atoms with Crippen LogP contribution in [0.2, 0.25) is 0 Å². The molecule has 10 heteroatoms. The van der Waals surface area contributed by atoms with Crippen LogP contribution in [-0.2, 0) is 11.6 Å². The van der Waals surface area contributed by atoms with E-state index in [0.29, 0.717) is 23.4 Å². The molecule has 2 amide bonds. The van der Waals surface area contributed by atoms with E-state index in [0.717, 1.165) is 43.8 Å². The lowest BCUT2D eigenvalue weighted by atomic mass is 9.74. The first-order valence-electron chi connectivity index (χ1n) is 10.9. The Morgan fingerprint density at radius 1 is 1.12 bits per heavy atom. The molecule has 1 spiro atoms. The predicted molar refractivity (Wildman–Crippen MR) is 120 cm³/mol. The molecule has 7 nitrogen and oxygen atoms in total. The van der Waals surface area contributed by atoms with Crippen LogP contribution in [0, 0.1) is 0 Å². The topological polar surface area (TPSA) is 98.9 Å². The summed E-state index contributed by atoms with van der Waals surface area (Å²) in [5.74, 6) is -0.653. The summed E-state index contributed by atoms with van der Waals surface area (Å²) in [4.78, 5) is 32.6. The number of carbonyl (C=O) groups excluding carboxylic acids is 2. The number of amides is 2. The highest BCUT2D eigenvalue weighted by Crippen LogP contribution is 2.37. The highest BCUT2D eigenvalue weighted by atomic mass is 19.4. The minimum atomic E-state index is -4.54. The fourth-order valence-electron chi connectivity index (χ4n) is 4.66. The normalized spacial score (nSPS) is 20.0. The van der Waals surface area contributed by atoms with Crippen molar-refractivity contribution >= 4 is 17.6 Å². The van der Waals surface area contributed by atoms with E-state index in [1.54, 1.807) is 18.2 Å². The third-order valence-corrected chi connectivity index (χ3v) is 6.42. The Bertz CT molecular complexity index is 1260. The van der Waals surface area contributed by atoms with Gasteiger partial charge in [0.15, 0.2) is 0 Å². The number of hydrogen-bond donors (Lipinski definition) is 4. The minimum Gasteiger partial charge on any atom is -0.357 e. The van der Waals surface area contributed by atoms with Crippen molar-refractivity contribution in [2.75, 3.05) is 25.0 Å². The van der Waals surface area contributed by atoms with Crippen LogP contribution in [0.25, 0.3) is 11.3 Å². The molecule has 2 aliphatic rings. The summed E-state index contributed by atoms with van der Waals surface area (Å²) in [7, 11) is 0. The van der Waals surface area contributed by atoms with Crippen molar-refractivity contribution in [3.05, 3.63) is 71.0 Å². The first-order chi connectivity index (χ1) is 16.2. The highest BCUT2D eigenvalue weighted by Gasteiger charge is 2.42. The van der Waals surface area contributed by atoms with Crippen molar-refractivity contribution in [1.29, 1.82) is 0 Å². The van der Waals surface area contributed by atoms with E-state index in [9.17, 15) is 22.8 Å². The number of nitrogens with one attached hydrogen (secondary N) is 4. The standard InChI is InChI=1S/C24H22F3N5O2/c25-24(26,27)16-4-1-3-15(9-16)21(33)32-19-10-14(5-8-29-19)18-11-17-20(31-18)23(13-30-22(17)34)6-2-7-28-12-23/h1,3-5,8-11,28,31H,2,6-7,12-13H2,(H,30,34)(H,29,32,33)/t23-/m0/s1. The Balaban J connectivity index is 1.42. The van der Waals surface area contributed by atoms with Gasteiger partial charge < -0.3 is 20.9 Å². The molecule has 0 bridgehead atoms. The summed E-state index contributed by atoms with van der Waals surface area (Å²) < 4.78 is 38.9. The lowest BCUT2D eigenvalue weighted by Gasteiger charge is -2.40. The van der Waals surface area contributed by atoms with Gasteiger partial charge in [-0.3, -0.25) is 9.59 Å². The summed E-state index contributed by atoms with van der Waals surface area (Å²) in [6.45, 7) is 2.26. The average molecular weight is 469 g/mol. The summed E-state index contributed by atoms with van der Waals surface area (Å²) in [6.07, 6.45) is -1.10. The van der Waals surface area contributed by atoms with Gasteiger partial charge in [0, 0.05) is 47.2 Å². The molecule has 1 saturated heterocycles. The van der Waals surface area contributed by atoms with Gasteiger partial charge in [0.2, 0.25) is 0 Å². The lowest BCUT2D eigenvalue weighted by molar-refractivity contribution is -0.137. The zero-order valence-corrected chi connectivity index (χ0v) is 18.1. The number of halogens is 3. The zero-order chi connectivity index (χ0) is 23.9. The first kappa shape index (κ1) is 22.1. The van der Waals surface area contributed by atoms with Crippen LogP contribution in [0.15, 0.2) is 48.7 Å². The molecule has 1 atom stereocenters. The summed E-state index contributed by atoms with van der Waals surface area (Å²) >= 11 is 0. The smallest absolute Gasteiger partial charge is 0.357 e. The fraction of sp³-hybridized carbons (Fsp3) is 0.292. The zero-order valence-electron chi connectivity index (χ0n) is 18.1. The van der Waals surface area contributed by atoms with Crippen LogP contribution in [-0.4, -0.2) is 41.4 Å². The second-order valence-electron chi connectivity index (χ2n) is 8.68. The number of benzene rings is 1. The Morgan fingerprint density at radius 2 is 1.97 bits per heavy atom. The Morgan fingerprint density at radius 3 is 2.74 bits per heavy atom. The van der Waals surface area contributed by atoms with E-state index >= 15 is 0 Å². The number of fused-ring (bicyclic) bond motifs is 2. The Hall–Kier alpha value is -3.66. The molecule has 0 saturated carbocycles. The molecule has 0 aliphatic carbocycles. The quantitative estimate of drug-likeness (QED) is 0.470. The Kier molecular flexibility index (Phi) is 5.40. The molecule has 4 N–H and O–H groups in total. The van der Waals surface area contributed by atoms with Crippen LogP contribution in [0.5, 0.6) is 0 Å². The molecule has 176 valence electrons. The highest BCUT2D eigenvalue weighted by molar-refractivity contribution is 6.04. The van der Waals surface area contributed by atoms with Crippen LogP contribution in [0.4, 0.5) is 19.0 Å². The van der Waals surface area contributed by atoms with Crippen LogP contribution in [0.3, 0.4) is 0 Å². The maximum absolute atomic E-state index is 13.0. The van der Waals surface area contributed by atoms with E-state index in [1.807, 2.05) is 0 Å². The number of anilines is 1. The molecule has 34 heavy (non-hydrogen) atoms. The Labute approximate surface area is 193 Å². The largest absolute Gasteiger partial charge is 0.416 e. The van der Waals surface area contributed by atoms with Crippen LogP contribution >= 0.6 is 0 Å². The van der Waals surface area contributed by atoms with Gasteiger partial charge in [-0.2, -0.15) is 13.2 Å². The molecule has 0 unspecified atom stereocenters. The molecular weight excluding hydrogens is 447 g/mol. The average Bonchev–Trinajstić information content (AvgIpc) is 3.30. The molecule has 1 aromatic carbocycles. The van der Waals surface area contributed by atoms with Crippen molar-refractivity contribution < 1.29 is 22.8 Å². The number of aromatic amines is 1. The SMILES string of the molecule is O=C(Nc1cc(-c2cc3c([nH]2)[C@]2(CCCNC2)CNC3=O)ccn1)c1cccc(C(F)(F)F)c1. The summed E-state index contributed by atoms with van der Waals surface area (Å²) in [5.41, 5.74) is 1.65. The van der Waals surface area contributed by atoms with Gasteiger partial charge in [-0.25, -0.2) is 4.98 Å². The third-order valence-electron chi connectivity index (χ3n) is 6.42. The van der Waals surface area contributed by atoms with Gasteiger partial charge in [0.1, 0.15) is 5.82 Å². The number of alkyl halides is 3. The molecule has 2 aromatic heterocycles. The number of rotatable bonds is 3. The minimum absolute atomic E-state index is 0.124. The third kappa shape index (κ3) is 4.05. The molecule has 4 heterocycles. The van der Waals surface area contributed by atoms with Crippen molar-refractivity contribution in [2.45, 2.75) is 24.4 Å². The van der Waals surface area contributed by atoms with Crippen LogP contribution < -0.4 is 16.0 Å². The molecule has 2 aliphatic heterocycles. The first-order valence-corrected chi connectivity index (χ1v) is 10.9. The molecule has 3 aromatic rings. The van der Waals surface area contributed by atoms with Crippen molar-refractivity contribution in [2.24, 2.45) is 0 Å². The van der Waals surface area contributed by atoms with Gasteiger partial charge in [0.25, 0.3) is 11.8 Å². The van der Waals surface area contributed by atoms with E-state index in [-0.39, 0.29) is 22.7 Å². The van der Waals surface area contributed by atoms with Crippen LogP contribution in [0.1, 0.15) is 44.8 Å². The van der Waals surface area contributed by atoms with Gasteiger partial charge in [-0.15, -0.1) is 0 Å². The lowest BCUT2D eigenvalue weighted by Crippen LogP contribution is -2.54. The number of hydrogen-bond acceptors (Lipinski definition) is 4. The van der Waals surface area contributed by atoms with Crippen molar-refractivity contribution in [3.63, 3.8) is 0 Å². The fourth-order valence-corrected chi connectivity index (χ4v) is 4.66. The van der Waals surface area contributed by atoms with Crippen molar-refractivity contribution in [1.82, 2.24) is 20.6 Å². The van der Waals surface area contributed by atoms with Crippen molar-refractivity contribution in [3.8, 4) is 11.3 Å². The molecule has 0 radical (unpaired) electrons. The van der Waals surface area contributed by atoms with E-state index in [2.05, 4.69) is 25.9 Å². The summed E-state index contributed by atoms with van der Waals surface area (Å²) in [5, 5.41) is 8.95. The second kappa shape index (κ2) is 8.28. The van der Waals surface area contributed by atoms with Gasteiger partial charge >= 0.3 is 6.18 Å². The predicted octanol–water partition coefficient (Wildman–Crippen LogP) is 3.71. The van der Waals surface area contributed by atoms with E-state index < -0.39 is 17.6 Å². The van der Waals surface area contributed by atoms with E-state index in [1.165, 1.54) is 18.3 Å². The van der Waals surface area contributed by atoms with E-state index in [4.69, 9.17) is 0 Å². The maximum atomic E-state index is 13.0. The maximum Gasteiger partial charge on any atom is 0.416 e. The second-order valence-corrected chi connectivity index (χ2v) is 8.68. The molecular formula is C24H22F3N5O2. The summed E-state index contributed by atoms with van der Waals surface area (Å²) in [6, 6.07) is 9.35.